The zero-order valence-corrected chi connectivity index (χ0v) is 17.8. The van der Waals surface area contributed by atoms with Crippen LogP contribution in [0.2, 0.25) is 0 Å². The zero-order valence-electron chi connectivity index (χ0n) is 17.8. The molecule has 0 aromatic heterocycles. The van der Waals surface area contributed by atoms with E-state index in [9.17, 15) is 0 Å². The number of anilines is 2. The first-order valence-electron chi connectivity index (χ1n) is 10.6. The van der Waals surface area contributed by atoms with Crippen molar-refractivity contribution in [3.05, 3.63) is 59.4 Å². The Hall–Kier alpha value is -2.11. The quantitative estimate of drug-likeness (QED) is 0.657. The molecule has 158 valence electrons. The SMILES string of the molecule is CCOC1(c2c(F)ccc(N)c2N)C(C)CCCC1CN(C)Cc1ccccc1. The Bertz CT molecular complexity index is 813. The van der Waals surface area contributed by atoms with Crippen molar-refractivity contribution in [3.63, 3.8) is 0 Å². The van der Waals surface area contributed by atoms with Crippen molar-refractivity contribution in [3.8, 4) is 0 Å². The minimum atomic E-state index is -0.776. The van der Waals surface area contributed by atoms with E-state index in [4.69, 9.17) is 16.2 Å². The minimum absolute atomic E-state index is 0.124. The van der Waals surface area contributed by atoms with E-state index in [1.54, 1.807) is 0 Å². The third kappa shape index (κ3) is 4.26. The molecule has 2 aromatic rings. The van der Waals surface area contributed by atoms with E-state index in [-0.39, 0.29) is 17.7 Å². The van der Waals surface area contributed by atoms with Gasteiger partial charge in [-0.3, -0.25) is 0 Å². The predicted molar refractivity (Wildman–Crippen MR) is 118 cm³/mol. The summed E-state index contributed by atoms with van der Waals surface area (Å²) in [6, 6.07) is 13.4. The van der Waals surface area contributed by atoms with E-state index in [2.05, 4.69) is 43.1 Å². The highest BCUT2D eigenvalue weighted by Gasteiger charge is 2.50. The van der Waals surface area contributed by atoms with Crippen LogP contribution in [-0.2, 0) is 16.9 Å². The van der Waals surface area contributed by atoms with Gasteiger partial charge in [-0.15, -0.1) is 0 Å². The van der Waals surface area contributed by atoms with Crippen LogP contribution in [-0.4, -0.2) is 25.1 Å². The average molecular weight is 400 g/mol. The Morgan fingerprint density at radius 3 is 2.55 bits per heavy atom. The van der Waals surface area contributed by atoms with Gasteiger partial charge < -0.3 is 21.1 Å². The Labute approximate surface area is 174 Å². The molecule has 0 saturated heterocycles. The highest BCUT2D eigenvalue weighted by molar-refractivity contribution is 5.69. The second-order valence-electron chi connectivity index (χ2n) is 8.36. The highest BCUT2D eigenvalue weighted by atomic mass is 19.1. The van der Waals surface area contributed by atoms with E-state index in [0.29, 0.717) is 23.5 Å². The van der Waals surface area contributed by atoms with E-state index < -0.39 is 5.60 Å². The molecule has 2 aromatic carbocycles. The normalized spacial score (nSPS) is 24.7. The summed E-state index contributed by atoms with van der Waals surface area (Å²) >= 11 is 0. The highest BCUT2D eigenvalue weighted by Crippen LogP contribution is 2.52. The largest absolute Gasteiger partial charge is 0.397 e. The van der Waals surface area contributed by atoms with Gasteiger partial charge in [0.15, 0.2) is 0 Å². The molecule has 3 rings (SSSR count). The maximum atomic E-state index is 15.2. The molecular formula is C24H34FN3O. The first-order chi connectivity index (χ1) is 13.9. The van der Waals surface area contributed by atoms with Gasteiger partial charge in [-0.25, -0.2) is 4.39 Å². The number of hydrogen-bond donors (Lipinski definition) is 2. The molecule has 1 aliphatic rings. The molecule has 1 aliphatic carbocycles. The lowest BCUT2D eigenvalue weighted by Gasteiger charge is -2.50. The van der Waals surface area contributed by atoms with Crippen molar-refractivity contribution in [2.75, 3.05) is 31.7 Å². The third-order valence-corrected chi connectivity index (χ3v) is 6.36. The summed E-state index contributed by atoms with van der Waals surface area (Å²) in [6.07, 6.45) is 3.05. The van der Waals surface area contributed by atoms with Crippen LogP contribution in [0.1, 0.15) is 44.2 Å². The van der Waals surface area contributed by atoms with Gasteiger partial charge in [0.2, 0.25) is 0 Å². The Balaban J connectivity index is 1.99. The van der Waals surface area contributed by atoms with Crippen LogP contribution >= 0.6 is 0 Å². The van der Waals surface area contributed by atoms with Crippen LogP contribution < -0.4 is 11.5 Å². The van der Waals surface area contributed by atoms with Crippen LogP contribution in [0.25, 0.3) is 0 Å². The van der Waals surface area contributed by atoms with Crippen LogP contribution in [0.4, 0.5) is 15.8 Å². The first kappa shape index (κ1) is 21.6. The fourth-order valence-corrected chi connectivity index (χ4v) is 5.09. The van der Waals surface area contributed by atoms with Gasteiger partial charge >= 0.3 is 0 Å². The smallest absolute Gasteiger partial charge is 0.131 e. The van der Waals surface area contributed by atoms with Gasteiger partial charge in [0.05, 0.1) is 11.4 Å². The maximum absolute atomic E-state index is 15.2. The molecule has 0 aliphatic heterocycles. The summed E-state index contributed by atoms with van der Waals surface area (Å²) in [6.45, 7) is 6.25. The molecule has 5 heteroatoms. The summed E-state index contributed by atoms with van der Waals surface area (Å²) < 4.78 is 21.6. The second kappa shape index (κ2) is 9.14. The van der Waals surface area contributed by atoms with Crippen molar-refractivity contribution in [1.82, 2.24) is 4.90 Å². The molecule has 0 bridgehead atoms. The molecule has 0 radical (unpaired) electrons. The summed E-state index contributed by atoms with van der Waals surface area (Å²) in [4.78, 5) is 2.30. The van der Waals surface area contributed by atoms with Crippen LogP contribution in [0, 0.1) is 17.7 Å². The standard InChI is InChI=1S/C24H34FN3O/c1-4-29-24(22-20(25)13-14-21(26)23(22)27)17(2)9-8-12-19(24)16-28(3)15-18-10-6-5-7-11-18/h5-7,10-11,13-14,17,19H,4,8-9,12,15-16,26-27H2,1-3H3. The Morgan fingerprint density at radius 2 is 1.86 bits per heavy atom. The van der Waals surface area contributed by atoms with Gasteiger partial charge in [0.25, 0.3) is 0 Å². The lowest BCUT2D eigenvalue weighted by molar-refractivity contribution is -0.151. The van der Waals surface area contributed by atoms with Crippen molar-refractivity contribution in [2.45, 2.75) is 45.3 Å². The molecule has 29 heavy (non-hydrogen) atoms. The molecule has 4 N–H and O–H groups in total. The molecule has 0 amide bonds. The van der Waals surface area contributed by atoms with Gasteiger partial charge in [-0.1, -0.05) is 43.7 Å². The van der Waals surface area contributed by atoms with Crippen molar-refractivity contribution in [1.29, 1.82) is 0 Å². The lowest BCUT2D eigenvalue weighted by Crippen LogP contribution is -2.51. The van der Waals surface area contributed by atoms with Gasteiger partial charge in [-0.2, -0.15) is 0 Å². The number of nitrogens with two attached hydrogens (primary N) is 2. The van der Waals surface area contributed by atoms with Crippen molar-refractivity contribution in [2.24, 2.45) is 11.8 Å². The maximum Gasteiger partial charge on any atom is 0.131 e. The summed E-state index contributed by atoms with van der Waals surface area (Å²) in [5, 5.41) is 0. The summed E-state index contributed by atoms with van der Waals surface area (Å²) in [5.74, 6) is -0.0574. The Kier molecular flexibility index (Phi) is 6.81. The van der Waals surface area contributed by atoms with E-state index in [0.717, 1.165) is 32.4 Å². The van der Waals surface area contributed by atoms with Gasteiger partial charge in [0, 0.05) is 31.2 Å². The molecule has 3 atom stereocenters. The van der Waals surface area contributed by atoms with E-state index in [1.165, 1.54) is 17.7 Å². The van der Waals surface area contributed by atoms with Gasteiger partial charge in [0.1, 0.15) is 11.4 Å². The second-order valence-corrected chi connectivity index (χ2v) is 8.36. The molecule has 4 nitrogen and oxygen atoms in total. The van der Waals surface area contributed by atoms with Crippen LogP contribution in [0.5, 0.6) is 0 Å². The summed E-state index contributed by atoms with van der Waals surface area (Å²) in [5.41, 5.74) is 14.1. The van der Waals surface area contributed by atoms with Crippen molar-refractivity contribution >= 4 is 11.4 Å². The first-order valence-corrected chi connectivity index (χ1v) is 10.6. The molecule has 0 heterocycles. The monoisotopic (exact) mass is 399 g/mol. The molecule has 0 spiro atoms. The lowest BCUT2D eigenvalue weighted by atomic mass is 9.64. The van der Waals surface area contributed by atoms with E-state index in [1.807, 2.05) is 13.0 Å². The number of hydrogen-bond acceptors (Lipinski definition) is 4. The molecular weight excluding hydrogens is 365 g/mol. The fourth-order valence-electron chi connectivity index (χ4n) is 5.09. The topological polar surface area (TPSA) is 64.5 Å². The molecule has 3 unspecified atom stereocenters. The number of halogens is 1. The third-order valence-electron chi connectivity index (χ3n) is 6.36. The van der Waals surface area contributed by atoms with Crippen LogP contribution in [0.3, 0.4) is 0 Å². The Morgan fingerprint density at radius 1 is 1.14 bits per heavy atom. The number of nitrogen functional groups attached to an aromatic ring is 2. The number of ether oxygens (including phenoxy) is 1. The fraction of sp³-hybridized carbons (Fsp3) is 0.500. The predicted octanol–water partition coefficient (Wildman–Crippen LogP) is 4.79. The zero-order chi connectivity index (χ0) is 21.0. The summed E-state index contributed by atoms with van der Waals surface area (Å²) in [7, 11) is 2.11. The number of benzene rings is 2. The average Bonchev–Trinajstić information content (AvgIpc) is 2.69. The number of rotatable bonds is 7. The van der Waals surface area contributed by atoms with Crippen molar-refractivity contribution < 1.29 is 9.13 Å². The number of nitrogens with zero attached hydrogens (tertiary/aromatic N) is 1. The van der Waals surface area contributed by atoms with Gasteiger partial charge in [-0.05, 0) is 50.4 Å². The molecule has 1 fully saturated rings. The molecule has 1 saturated carbocycles. The van der Waals surface area contributed by atoms with E-state index >= 15 is 4.39 Å². The minimum Gasteiger partial charge on any atom is -0.397 e. The van der Waals surface area contributed by atoms with Crippen LogP contribution in [0.15, 0.2) is 42.5 Å².